The summed E-state index contributed by atoms with van der Waals surface area (Å²) in [6.45, 7) is 4.18. The number of aromatic nitrogens is 2. The molecular weight excluding hydrogens is 371 g/mol. The molecule has 0 N–H and O–H groups in total. The van der Waals surface area contributed by atoms with Crippen LogP contribution in [-0.4, -0.2) is 53.6 Å². The Bertz CT molecular complexity index is 925. The molecule has 2 aromatic rings. The summed E-state index contributed by atoms with van der Waals surface area (Å²) in [6.07, 6.45) is 3.26. The van der Waals surface area contributed by atoms with Gasteiger partial charge in [-0.05, 0) is 30.5 Å². The zero-order valence-corrected chi connectivity index (χ0v) is 16.4. The number of fused-ring (bicyclic) bond motifs is 1. The lowest BCUT2D eigenvalue weighted by atomic mass is 10.0. The lowest BCUT2D eigenvalue weighted by Gasteiger charge is -2.34. The summed E-state index contributed by atoms with van der Waals surface area (Å²) in [5.41, 5.74) is 2.95. The van der Waals surface area contributed by atoms with Crippen LogP contribution < -0.4 is 4.90 Å². The molecule has 3 aliphatic rings. The number of hydrogen-bond donors (Lipinski definition) is 0. The predicted octanol–water partition coefficient (Wildman–Crippen LogP) is 2.34. The van der Waals surface area contributed by atoms with E-state index >= 15 is 0 Å². The van der Waals surface area contributed by atoms with Crippen molar-refractivity contribution in [2.24, 2.45) is 5.92 Å². The van der Waals surface area contributed by atoms with Gasteiger partial charge in [-0.2, -0.15) is 0 Å². The van der Waals surface area contributed by atoms with Crippen LogP contribution in [0, 0.1) is 11.7 Å². The number of hydrogen-bond acceptors (Lipinski definition) is 5. The Morgan fingerprint density at radius 2 is 2.00 bits per heavy atom. The van der Waals surface area contributed by atoms with E-state index in [1.54, 1.807) is 6.07 Å². The van der Waals surface area contributed by atoms with E-state index in [-0.39, 0.29) is 17.6 Å². The first-order valence-corrected chi connectivity index (χ1v) is 10.4. The lowest BCUT2D eigenvalue weighted by Crippen LogP contribution is -2.41. The minimum Gasteiger partial charge on any atom is -0.378 e. The third-order valence-electron chi connectivity index (χ3n) is 5.88. The van der Waals surface area contributed by atoms with Crippen LogP contribution in [-0.2, 0) is 28.9 Å². The Balaban J connectivity index is 1.48. The number of anilines is 1. The Morgan fingerprint density at radius 3 is 2.76 bits per heavy atom. The first kappa shape index (κ1) is 18.5. The number of ether oxygens (including phenoxy) is 1. The standard InChI is InChI=1S/C22H25FN4O2/c23-17-3-1-2-15(12-17)13-20-24-19-6-7-27(22(28)16-4-5-16)14-18(19)21(25-20)26-8-10-29-11-9-26/h1-3,12,16H,4-11,13-14H2. The molecule has 1 amide bonds. The molecule has 0 atom stereocenters. The highest BCUT2D eigenvalue weighted by molar-refractivity contribution is 5.81. The highest BCUT2D eigenvalue weighted by atomic mass is 19.1. The van der Waals surface area contributed by atoms with Gasteiger partial charge in [0.05, 0.1) is 25.5 Å². The van der Waals surface area contributed by atoms with E-state index < -0.39 is 0 Å². The molecule has 2 fully saturated rings. The van der Waals surface area contributed by atoms with E-state index in [2.05, 4.69) is 4.90 Å². The minimum atomic E-state index is -0.247. The van der Waals surface area contributed by atoms with Gasteiger partial charge in [0.25, 0.3) is 0 Å². The van der Waals surface area contributed by atoms with Crippen LogP contribution in [0.25, 0.3) is 0 Å². The monoisotopic (exact) mass is 396 g/mol. The Morgan fingerprint density at radius 1 is 1.17 bits per heavy atom. The number of amides is 1. The maximum atomic E-state index is 13.6. The second kappa shape index (κ2) is 7.71. The summed E-state index contributed by atoms with van der Waals surface area (Å²) in [4.78, 5) is 26.5. The second-order valence-corrected chi connectivity index (χ2v) is 8.08. The average Bonchev–Trinajstić information content (AvgIpc) is 3.58. The van der Waals surface area contributed by atoms with Crippen molar-refractivity contribution in [2.45, 2.75) is 32.2 Å². The molecule has 29 heavy (non-hydrogen) atoms. The smallest absolute Gasteiger partial charge is 0.225 e. The second-order valence-electron chi connectivity index (χ2n) is 8.08. The van der Waals surface area contributed by atoms with E-state index in [4.69, 9.17) is 14.7 Å². The van der Waals surface area contributed by atoms with E-state index in [1.807, 2.05) is 11.0 Å². The largest absolute Gasteiger partial charge is 0.378 e. The maximum absolute atomic E-state index is 13.6. The molecule has 1 saturated heterocycles. The molecule has 6 nitrogen and oxygen atoms in total. The fourth-order valence-electron chi connectivity index (χ4n) is 4.17. The van der Waals surface area contributed by atoms with E-state index in [0.717, 1.165) is 55.0 Å². The molecule has 0 bridgehead atoms. The van der Waals surface area contributed by atoms with Crippen LogP contribution >= 0.6 is 0 Å². The summed E-state index contributed by atoms with van der Waals surface area (Å²) < 4.78 is 19.1. The van der Waals surface area contributed by atoms with Gasteiger partial charge in [0.15, 0.2) is 0 Å². The van der Waals surface area contributed by atoms with Crippen LogP contribution in [0.15, 0.2) is 24.3 Å². The van der Waals surface area contributed by atoms with Crippen molar-refractivity contribution in [2.75, 3.05) is 37.7 Å². The molecule has 1 aromatic heterocycles. The van der Waals surface area contributed by atoms with Gasteiger partial charge in [0.1, 0.15) is 17.5 Å². The maximum Gasteiger partial charge on any atom is 0.225 e. The molecule has 3 heterocycles. The summed E-state index contributed by atoms with van der Waals surface area (Å²) in [5, 5.41) is 0. The van der Waals surface area contributed by atoms with E-state index in [0.29, 0.717) is 38.5 Å². The van der Waals surface area contributed by atoms with Crippen LogP contribution in [0.5, 0.6) is 0 Å². The zero-order chi connectivity index (χ0) is 19.8. The number of carbonyl (C=O) groups is 1. The fourth-order valence-corrected chi connectivity index (χ4v) is 4.17. The minimum absolute atomic E-state index is 0.219. The quantitative estimate of drug-likeness (QED) is 0.794. The van der Waals surface area contributed by atoms with Crippen molar-refractivity contribution in [3.05, 3.63) is 52.7 Å². The molecule has 152 valence electrons. The highest BCUT2D eigenvalue weighted by Crippen LogP contribution is 2.34. The van der Waals surface area contributed by atoms with Gasteiger partial charge in [0, 0.05) is 44.0 Å². The predicted molar refractivity (Wildman–Crippen MR) is 106 cm³/mol. The van der Waals surface area contributed by atoms with Crippen LogP contribution in [0.4, 0.5) is 10.2 Å². The van der Waals surface area contributed by atoms with Crippen molar-refractivity contribution in [1.29, 1.82) is 0 Å². The molecule has 2 aliphatic heterocycles. The van der Waals surface area contributed by atoms with Crippen molar-refractivity contribution < 1.29 is 13.9 Å². The van der Waals surface area contributed by atoms with E-state index in [1.165, 1.54) is 12.1 Å². The third kappa shape index (κ3) is 3.96. The van der Waals surface area contributed by atoms with Gasteiger partial charge in [-0.25, -0.2) is 14.4 Å². The zero-order valence-electron chi connectivity index (χ0n) is 16.4. The lowest BCUT2D eigenvalue weighted by molar-refractivity contribution is -0.133. The van der Waals surface area contributed by atoms with Gasteiger partial charge >= 0.3 is 0 Å². The fraction of sp³-hybridized carbons (Fsp3) is 0.500. The molecule has 5 rings (SSSR count). The normalized spacial score (nSPS) is 19.2. The first-order chi connectivity index (χ1) is 14.2. The van der Waals surface area contributed by atoms with Crippen molar-refractivity contribution >= 4 is 11.7 Å². The Kier molecular flexibility index (Phi) is 4.91. The van der Waals surface area contributed by atoms with Crippen LogP contribution in [0.2, 0.25) is 0 Å². The Hall–Kier alpha value is -2.54. The Labute approximate surface area is 169 Å². The third-order valence-corrected chi connectivity index (χ3v) is 5.88. The summed E-state index contributed by atoms with van der Waals surface area (Å²) >= 11 is 0. The first-order valence-electron chi connectivity index (χ1n) is 10.4. The number of carbonyl (C=O) groups excluding carboxylic acids is 1. The van der Waals surface area contributed by atoms with Gasteiger partial charge in [-0.1, -0.05) is 12.1 Å². The molecule has 1 aromatic carbocycles. The average molecular weight is 396 g/mol. The highest BCUT2D eigenvalue weighted by Gasteiger charge is 2.36. The number of halogens is 1. The molecule has 0 unspecified atom stereocenters. The number of nitrogens with zero attached hydrogens (tertiary/aromatic N) is 4. The van der Waals surface area contributed by atoms with Crippen LogP contribution in [0.3, 0.4) is 0 Å². The van der Waals surface area contributed by atoms with Crippen molar-refractivity contribution in [3.8, 4) is 0 Å². The summed E-state index contributed by atoms with van der Waals surface area (Å²) in [5.74, 6) is 1.86. The van der Waals surface area contributed by atoms with Gasteiger partial charge in [-0.3, -0.25) is 4.79 Å². The van der Waals surface area contributed by atoms with Gasteiger partial charge in [-0.15, -0.1) is 0 Å². The molecule has 1 aliphatic carbocycles. The van der Waals surface area contributed by atoms with Crippen molar-refractivity contribution in [3.63, 3.8) is 0 Å². The number of rotatable bonds is 4. The molecular formula is C22H25FN4O2. The number of benzene rings is 1. The SMILES string of the molecule is O=C(C1CC1)N1CCc2nc(Cc3cccc(F)c3)nc(N3CCOCC3)c2C1. The number of morpholine rings is 1. The van der Waals surface area contributed by atoms with Crippen molar-refractivity contribution in [1.82, 2.24) is 14.9 Å². The molecule has 7 heteroatoms. The van der Waals surface area contributed by atoms with Gasteiger partial charge in [0.2, 0.25) is 5.91 Å². The van der Waals surface area contributed by atoms with Crippen LogP contribution in [0.1, 0.15) is 35.5 Å². The summed E-state index contributed by atoms with van der Waals surface area (Å²) in [7, 11) is 0. The van der Waals surface area contributed by atoms with E-state index in [9.17, 15) is 9.18 Å². The topological polar surface area (TPSA) is 58.6 Å². The summed E-state index contributed by atoms with van der Waals surface area (Å²) in [6, 6.07) is 6.60. The van der Waals surface area contributed by atoms with Gasteiger partial charge < -0.3 is 14.5 Å². The molecule has 0 spiro atoms. The molecule has 1 saturated carbocycles. The molecule has 0 radical (unpaired) electrons.